The Balaban J connectivity index is 1.24. The van der Waals surface area contributed by atoms with E-state index in [1.807, 2.05) is 29.2 Å². The molecule has 12 nitrogen and oxygen atoms in total. The monoisotopic (exact) mass is 720 g/mol. The van der Waals surface area contributed by atoms with Gasteiger partial charge >= 0.3 is 12.1 Å². The van der Waals surface area contributed by atoms with Gasteiger partial charge in [0.1, 0.15) is 11.9 Å². The van der Waals surface area contributed by atoms with Gasteiger partial charge in [0.2, 0.25) is 23.8 Å². The number of aryl methyl sites for hydroxylation is 1. The second-order valence-corrected chi connectivity index (χ2v) is 13.4. The molecule has 0 aliphatic carbocycles. The van der Waals surface area contributed by atoms with Crippen molar-refractivity contribution in [1.82, 2.24) is 30.4 Å². The van der Waals surface area contributed by atoms with Crippen molar-refractivity contribution in [3.8, 4) is 22.7 Å². The van der Waals surface area contributed by atoms with Crippen LogP contribution in [0.4, 0.5) is 24.9 Å². The number of esters is 1. The Morgan fingerprint density at radius 1 is 1.08 bits per heavy atom. The maximum atomic E-state index is 15.0. The molecule has 1 amide bonds. The molecule has 2 aromatic carbocycles. The summed E-state index contributed by atoms with van der Waals surface area (Å²) in [5.41, 5.74) is 9.11. The number of hydrogen-bond donors (Lipinski definition) is 3. The first kappa shape index (κ1) is 36.6. The number of nitrogens with one attached hydrogen (secondary N) is 2. The summed E-state index contributed by atoms with van der Waals surface area (Å²) in [6, 6.07) is 15.1. The summed E-state index contributed by atoms with van der Waals surface area (Å²) in [6.07, 6.45) is -2.83. The van der Waals surface area contributed by atoms with Crippen molar-refractivity contribution in [2.24, 2.45) is 5.41 Å². The van der Waals surface area contributed by atoms with Crippen molar-refractivity contribution in [3.63, 3.8) is 0 Å². The number of ether oxygens (including phenoxy) is 2. The predicted molar refractivity (Wildman–Crippen MR) is 189 cm³/mol. The summed E-state index contributed by atoms with van der Waals surface area (Å²) in [5.74, 6) is -0.511. The van der Waals surface area contributed by atoms with E-state index in [1.54, 1.807) is 38.2 Å². The molecule has 15 heteroatoms. The zero-order chi connectivity index (χ0) is 37.0. The molecule has 2 aromatic heterocycles. The summed E-state index contributed by atoms with van der Waals surface area (Å²) in [6.45, 7) is 7.63. The Labute approximate surface area is 299 Å². The van der Waals surface area contributed by atoms with E-state index in [9.17, 15) is 22.8 Å². The van der Waals surface area contributed by atoms with Gasteiger partial charge in [-0.15, -0.1) is 0 Å². The predicted octanol–water partition coefficient (Wildman–Crippen LogP) is 5.09. The molecule has 276 valence electrons. The van der Waals surface area contributed by atoms with E-state index in [4.69, 9.17) is 15.2 Å². The molecule has 4 aromatic rings. The largest absolute Gasteiger partial charge is 0.465 e. The molecule has 0 bridgehead atoms. The third kappa shape index (κ3) is 8.47. The highest BCUT2D eigenvalue weighted by Gasteiger charge is 2.46. The number of nitrogen functional groups attached to an aromatic ring is 1. The minimum Gasteiger partial charge on any atom is -0.465 e. The number of hydrogen-bond acceptors (Lipinski definition) is 10. The van der Waals surface area contributed by atoms with Gasteiger partial charge in [0.25, 0.3) is 0 Å². The van der Waals surface area contributed by atoms with Gasteiger partial charge in [0.05, 0.1) is 18.0 Å². The van der Waals surface area contributed by atoms with Gasteiger partial charge in [-0.3, -0.25) is 9.59 Å². The van der Waals surface area contributed by atoms with Gasteiger partial charge in [-0.25, -0.2) is 4.68 Å². The van der Waals surface area contributed by atoms with Crippen LogP contribution < -0.4 is 26.0 Å². The van der Waals surface area contributed by atoms with E-state index >= 15 is 0 Å². The Bertz CT molecular complexity index is 1890. The zero-order valence-corrected chi connectivity index (χ0v) is 29.4. The molecule has 0 unspecified atom stereocenters. The third-order valence-corrected chi connectivity index (χ3v) is 9.68. The maximum Gasteiger partial charge on any atom is 0.429 e. The highest BCUT2D eigenvalue weighted by Crippen LogP contribution is 2.43. The van der Waals surface area contributed by atoms with Crippen LogP contribution in [0, 0.1) is 12.3 Å². The van der Waals surface area contributed by atoms with Gasteiger partial charge in [-0.1, -0.05) is 36.4 Å². The van der Waals surface area contributed by atoms with Crippen molar-refractivity contribution in [2.75, 3.05) is 43.4 Å². The van der Waals surface area contributed by atoms with Crippen LogP contribution in [-0.4, -0.2) is 76.6 Å². The number of alkyl halides is 3. The molecule has 2 atom stereocenters. The standard InChI is InChI=1S/C37H43F3N8O4/c1-4-51-34(50)29-21-36(22-43-29)13-17-47(18-14-36)31-20-32(45-35(41)44-31)52-33(37(38,39)40)28-10-9-27(19-30(28)48-16-12-23(2)46-48)26-7-5-25(6-8-26)11-15-42-24(3)49/h5-10,12,16,19-20,29,33,43H,4,11,13-15,17-18,21-22H2,1-3H3,(H,42,49)(H2,41,44,45)/t29-,33+/m0/s1. The number of halogens is 3. The lowest BCUT2D eigenvalue weighted by Gasteiger charge is -2.39. The summed E-state index contributed by atoms with van der Waals surface area (Å²) >= 11 is 0. The number of amides is 1. The van der Waals surface area contributed by atoms with Gasteiger partial charge in [0.15, 0.2) is 0 Å². The lowest BCUT2D eigenvalue weighted by atomic mass is 9.76. The van der Waals surface area contributed by atoms with Crippen LogP contribution in [0.15, 0.2) is 60.8 Å². The topological polar surface area (TPSA) is 150 Å². The van der Waals surface area contributed by atoms with Crippen LogP contribution >= 0.6 is 0 Å². The Morgan fingerprint density at radius 3 is 2.46 bits per heavy atom. The molecule has 1 spiro atoms. The van der Waals surface area contributed by atoms with E-state index in [0.29, 0.717) is 62.7 Å². The highest BCUT2D eigenvalue weighted by atomic mass is 19.4. The van der Waals surface area contributed by atoms with Crippen molar-refractivity contribution in [1.29, 1.82) is 0 Å². The minimum atomic E-state index is -4.84. The summed E-state index contributed by atoms with van der Waals surface area (Å²) < 4.78 is 57.2. The third-order valence-electron chi connectivity index (χ3n) is 9.68. The normalized spacial score (nSPS) is 17.6. The fraction of sp³-hybridized carbons (Fsp3) is 0.432. The number of nitrogens with two attached hydrogens (primary N) is 1. The Hall–Kier alpha value is -5.18. The molecular formula is C37H43F3N8O4. The number of nitrogens with zero attached hydrogens (tertiary/aromatic N) is 5. The van der Waals surface area contributed by atoms with Crippen LogP contribution in [0.2, 0.25) is 0 Å². The first-order chi connectivity index (χ1) is 24.8. The van der Waals surface area contributed by atoms with Crippen LogP contribution in [0.5, 0.6) is 5.88 Å². The Morgan fingerprint density at radius 2 is 1.81 bits per heavy atom. The number of aromatic nitrogens is 4. The van der Waals surface area contributed by atoms with E-state index < -0.39 is 12.3 Å². The lowest BCUT2D eigenvalue weighted by Crippen LogP contribution is -2.41. The van der Waals surface area contributed by atoms with Gasteiger partial charge in [-0.05, 0) is 73.8 Å². The molecule has 2 aliphatic heterocycles. The molecule has 4 heterocycles. The van der Waals surface area contributed by atoms with Gasteiger partial charge in [-0.2, -0.15) is 28.2 Å². The molecule has 2 aliphatic rings. The molecule has 6 rings (SSSR count). The molecule has 2 fully saturated rings. The van der Waals surface area contributed by atoms with Crippen molar-refractivity contribution >= 4 is 23.6 Å². The van der Waals surface area contributed by atoms with E-state index in [0.717, 1.165) is 24.0 Å². The SMILES string of the molecule is CCOC(=O)[C@@H]1CC2(CCN(c3cc(O[C@H](c4ccc(-c5ccc(CCNC(C)=O)cc5)cc4-n4ccc(C)n4)C(F)(F)F)nc(N)n3)CC2)CN1. The van der Waals surface area contributed by atoms with E-state index in [-0.39, 0.29) is 46.4 Å². The summed E-state index contributed by atoms with van der Waals surface area (Å²) in [4.78, 5) is 33.8. The van der Waals surface area contributed by atoms with Crippen molar-refractivity contribution < 1.29 is 32.2 Å². The van der Waals surface area contributed by atoms with Crippen LogP contribution in [-0.2, 0) is 20.7 Å². The van der Waals surface area contributed by atoms with Crippen LogP contribution in [0.1, 0.15) is 56.0 Å². The second kappa shape index (κ2) is 15.2. The number of rotatable bonds is 11. The molecule has 0 saturated carbocycles. The average Bonchev–Trinajstić information content (AvgIpc) is 3.73. The molecule has 2 saturated heterocycles. The zero-order valence-electron chi connectivity index (χ0n) is 29.4. The Kier molecular flexibility index (Phi) is 10.7. The molecule has 4 N–H and O–H groups in total. The first-order valence-electron chi connectivity index (χ1n) is 17.4. The smallest absolute Gasteiger partial charge is 0.429 e. The maximum absolute atomic E-state index is 15.0. The number of piperidine rings is 1. The number of carbonyl (C=O) groups excluding carboxylic acids is 2. The van der Waals surface area contributed by atoms with Crippen LogP contribution in [0.3, 0.4) is 0 Å². The lowest BCUT2D eigenvalue weighted by molar-refractivity contribution is -0.198. The quantitative estimate of drug-likeness (QED) is 0.179. The van der Waals surface area contributed by atoms with Crippen LogP contribution in [0.25, 0.3) is 16.8 Å². The van der Waals surface area contributed by atoms with E-state index in [2.05, 4.69) is 25.7 Å². The number of benzene rings is 2. The van der Waals surface area contributed by atoms with Gasteiger partial charge < -0.3 is 30.7 Å². The second-order valence-electron chi connectivity index (χ2n) is 13.4. The fourth-order valence-electron chi connectivity index (χ4n) is 6.94. The van der Waals surface area contributed by atoms with Crippen molar-refractivity contribution in [2.45, 2.75) is 64.8 Å². The molecule has 0 radical (unpaired) electrons. The number of anilines is 2. The molecule has 52 heavy (non-hydrogen) atoms. The minimum absolute atomic E-state index is 0.0869. The van der Waals surface area contributed by atoms with E-state index in [1.165, 1.54) is 23.7 Å². The van der Waals surface area contributed by atoms with Crippen molar-refractivity contribution in [3.05, 3.63) is 77.6 Å². The highest BCUT2D eigenvalue weighted by molar-refractivity contribution is 5.76. The summed E-state index contributed by atoms with van der Waals surface area (Å²) in [7, 11) is 0. The molecular weight excluding hydrogens is 677 g/mol. The average molecular weight is 721 g/mol. The fourth-order valence-corrected chi connectivity index (χ4v) is 6.94. The summed E-state index contributed by atoms with van der Waals surface area (Å²) in [5, 5.41) is 10.5. The first-order valence-corrected chi connectivity index (χ1v) is 17.4. The number of carbonyl (C=O) groups is 2. The van der Waals surface area contributed by atoms with Gasteiger partial charge in [0, 0.05) is 50.9 Å².